The second-order valence-electron chi connectivity index (χ2n) is 9.35. The maximum atomic E-state index is 14.9. The van der Waals surface area contributed by atoms with Crippen LogP contribution in [0.25, 0.3) is 5.69 Å². The molecule has 0 bridgehead atoms. The molecule has 0 fully saturated rings. The van der Waals surface area contributed by atoms with Gasteiger partial charge in [-0.2, -0.15) is 15.3 Å². The maximum absolute atomic E-state index is 14.9. The molecule has 1 aliphatic heterocycles. The highest BCUT2D eigenvalue weighted by molar-refractivity contribution is 6.30. The molecule has 1 aromatic carbocycles. The third-order valence-electron chi connectivity index (χ3n) is 6.60. The van der Waals surface area contributed by atoms with Crippen molar-refractivity contribution in [3.05, 3.63) is 85.9 Å². The molecule has 1 amide bonds. The van der Waals surface area contributed by atoms with Crippen LogP contribution in [-0.2, 0) is 7.05 Å². The number of amides is 1. The lowest BCUT2D eigenvalue weighted by Crippen LogP contribution is -2.36. The number of anilines is 1. The highest BCUT2D eigenvalue weighted by atomic mass is 35.5. The molecular weight excluding hydrogens is 541 g/mol. The van der Waals surface area contributed by atoms with Crippen molar-refractivity contribution in [2.24, 2.45) is 7.05 Å². The summed E-state index contributed by atoms with van der Waals surface area (Å²) in [7, 11) is 4.37. The third kappa shape index (κ3) is 4.15. The number of pyridine rings is 1. The number of ether oxygens (including phenoxy) is 2. The van der Waals surface area contributed by atoms with Gasteiger partial charge in [-0.1, -0.05) is 31.5 Å². The summed E-state index contributed by atoms with van der Waals surface area (Å²) in [5.74, 6) is -1.41. The average Bonchev–Trinajstić information content (AvgIpc) is 3.45. The summed E-state index contributed by atoms with van der Waals surface area (Å²) >= 11 is 6.29. The molecule has 0 aliphatic carbocycles. The van der Waals surface area contributed by atoms with Crippen molar-refractivity contribution in [2.45, 2.75) is 25.8 Å². The van der Waals surface area contributed by atoms with Gasteiger partial charge in [-0.15, -0.1) is 0 Å². The molecule has 5 rings (SSSR count). The van der Waals surface area contributed by atoms with Crippen LogP contribution in [0.1, 0.15) is 58.7 Å². The zero-order valence-electron chi connectivity index (χ0n) is 22.1. The van der Waals surface area contributed by atoms with Gasteiger partial charge in [0, 0.05) is 18.8 Å². The Labute approximate surface area is 233 Å². The Morgan fingerprint density at radius 3 is 2.52 bits per heavy atom. The summed E-state index contributed by atoms with van der Waals surface area (Å²) in [6.45, 7) is 3.82. The normalized spacial score (nSPS) is 14.4. The number of fused-ring (bicyclic) bond motifs is 1. The number of carbonyl (C=O) groups is 1. The molecule has 0 saturated heterocycles. The van der Waals surface area contributed by atoms with E-state index >= 15 is 0 Å². The standard InChI is InChI=1S/C27H23ClFN7O4/c1-13(2)22-20-21(33-36(22)19-11-31-27(40-5)32-24(19)39-4)26(38)35(18-9-16(28)12-34(3)25(18)37)23(20)14-6-7-15(10-30)17(29)8-14/h6-9,11-13,23H,1-5H3. The van der Waals surface area contributed by atoms with Gasteiger partial charge in [0.25, 0.3) is 11.5 Å². The molecule has 40 heavy (non-hydrogen) atoms. The van der Waals surface area contributed by atoms with E-state index in [9.17, 15) is 19.2 Å². The second kappa shape index (κ2) is 10.1. The van der Waals surface area contributed by atoms with Gasteiger partial charge in [-0.05, 0) is 29.7 Å². The quantitative estimate of drug-likeness (QED) is 0.345. The molecule has 0 radical (unpaired) electrons. The molecule has 1 unspecified atom stereocenters. The summed E-state index contributed by atoms with van der Waals surface area (Å²) in [5.41, 5.74) is 1.16. The average molecular weight is 564 g/mol. The van der Waals surface area contributed by atoms with Crippen LogP contribution in [-0.4, -0.2) is 44.4 Å². The maximum Gasteiger partial charge on any atom is 0.319 e. The molecule has 4 aromatic rings. The van der Waals surface area contributed by atoms with E-state index in [-0.39, 0.29) is 39.8 Å². The van der Waals surface area contributed by atoms with E-state index in [4.69, 9.17) is 21.1 Å². The minimum atomic E-state index is -0.966. The predicted octanol–water partition coefficient (Wildman–Crippen LogP) is 3.92. The van der Waals surface area contributed by atoms with E-state index in [0.29, 0.717) is 22.5 Å². The molecule has 0 N–H and O–H groups in total. The molecule has 0 saturated carbocycles. The Balaban J connectivity index is 1.83. The van der Waals surface area contributed by atoms with Crippen LogP contribution in [0.3, 0.4) is 0 Å². The molecule has 3 aromatic heterocycles. The molecule has 204 valence electrons. The zero-order valence-corrected chi connectivity index (χ0v) is 22.9. The molecule has 0 spiro atoms. The fraction of sp³-hybridized carbons (Fsp3) is 0.259. The molecule has 13 heteroatoms. The van der Waals surface area contributed by atoms with Crippen LogP contribution >= 0.6 is 11.6 Å². The number of nitrogens with zero attached hydrogens (tertiary/aromatic N) is 7. The van der Waals surface area contributed by atoms with Crippen LogP contribution in [0.5, 0.6) is 11.9 Å². The van der Waals surface area contributed by atoms with E-state index < -0.39 is 23.3 Å². The number of hydrogen-bond acceptors (Lipinski definition) is 8. The van der Waals surface area contributed by atoms with Crippen LogP contribution < -0.4 is 19.9 Å². The largest absolute Gasteiger partial charge is 0.479 e. The highest BCUT2D eigenvalue weighted by Gasteiger charge is 2.46. The zero-order chi connectivity index (χ0) is 28.9. The van der Waals surface area contributed by atoms with Gasteiger partial charge in [0.1, 0.15) is 23.3 Å². The number of benzene rings is 1. The van der Waals surface area contributed by atoms with Gasteiger partial charge in [-0.25, -0.2) is 14.1 Å². The molecular formula is C27H23ClFN7O4. The molecule has 4 heterocycles. The van der Waals surface area contributed by atoms with E-state index in [2.05, 4.69) is 15.1 Å². The first kappa shape index (κ1) is 26.8. The van der Waals surface area contributed by atoms with Crippen molar-refractivity contribution in [1.82, 2.24) is 24.3 Å². The molecule has 1 aliphatic rings. The smallest absolute Gasteiger partial charge is 0.319 e. The minimum absolute atomic E-state index is 0.000569. The first-order valence-corrected chi connectivity index (χ1v) is 12.5. The third-order valence-corrected chi connectivity index (χ3v) is 6.80. The van der Waals surface area contributed by atoms with Crippen LogP contribution in [0, 0.1) is 17.1 Å². The Morgan fingerprint density at radius 2 is 1.90 bits per heavy atom. The van der Waals surface area contributed by atoms with Crippen LogP contribution in [0.4, 0.5) is 10.1 Å². The summed E-state index contributed by atoms with van der Waals surface area (Å²) < 4.78 is 28.3. The van der Waals surface area contributed by atoms with Crippen molar-refractivity contribution < 1.29 is 18.7 Å². The SMILES string of the molecule is COc1ncc(-n2nc3c(c2C(C)C)C(c2ccc(C#N)c(F)c2)N(c2cc(Cl)cn(C)c2=O)C3=O)c(OC)n1. The van der Waals surface area contributed by atoms with Crippen molar-refractivity contribution >= 4 is 23.2 Å². The monoisotopic (exact) mass is 563 g/mol. The summed E-state index contributed by atoms with van der Waals surface area (Å²) in [6.07, 6.45) is 2.89. The first-order chi connectivity index (χ1) is 19.1. The number of aryl methyl sites for hydroxylation is 1. The Bertz CT molecular complexity index is 1780. The Hall–Kier alpha value is -4.76. The summed E-state index contributed by atoms with van der Waals surface area (Å²) in [5, 5.41) is 14.2. The van der Waals surface area contributed by atoms with Crippen molar-refractivity contribution in [3.8, 4) is 23.6 Å². The highest BCUT2D eigenvalue weighted by Crippen LogP contribution is 2.45. The number of nitriles is 1. The van der Waals surface area contributed by atoms with Gasteiger partial charge in [0.05, 0.1) is 42.7 Å². The fourth-order valence-electron chi connectivity index (χ4n) is 4.89. The van der Waals surface area contributed by atoms with E-state index in [1.165, 1.54) is 66.0 Å². The van der Waals surface area contributed by atoms with Gasteiger partial charge in [0.2, 0.25) is 5.88 Å². The lowest BCUT2D eigenvalue weighted by Gasteiger charge is -2.27. The van der Waals surface area contributed by atoms with Crippen LogP contribution in [0.2, 0.25) is 5.02 Å². The minimum Gasteiger partial charge on any atom is -0.479 e. The Morgan fingerprint density at radius 1 is 1.15 bits per heavy atom. The second-order valence-corrected chi connectivity index (χ2v) is 9.79. The number of carbonyl (C=O) groups excluding carboxylic acids is 1. The number of halogens is 2. The molecule has 1 atom stereocenters. The van der Waals surface area contributed by atoms with Gasteiger partial charge >= 0.3 is 6.01 Å². The number of rotatable bonds is 6. The van der Waals surface area contributed by atoms with E-state index in [1.807, 2.05) is 13.8 Å². The summed E-state index contributed by atoms with van der Waals surface area (Å²) in [4.78, 5) is 37.0. The predicted molar refractivity (Wildman–Crippen MR) is 143 cm³/mol. The van der Waals surface area contributed by atoms with Gasteiger partial charge in [-0.3, -0.25) is 14.5 Å². The van der Waals surface area contributed by atoms with E-state index in [1.54, 1.807) is 12.1 Å². The fourth-order valence-corrected chi connectivity index (χ4v) is 5.14. The molecule has 11 nitrogen and oxygen atoms in total. The number of methoxy groups -OCH3 is 2. The van der Waals surface area contributed by atoms with Gasteiger partial charge < -0.3 is 14.0 Å². The van der Waals surface area contributed by atoms with Crippen molar-refractivity contribution in [1.29, 1.82) is 5.26 Å². The summed E-state index contributed by atoms with van der Waals surface area (Å²) in [6, 6.07) is 6.38. The van der Waals surface area contributed by atoms with Crippen molar-refractivity contribution in [2.75, 3.05) is 19.1 Å². The lowest BCUT2D eigenvalue weighted by molar-refractivity contribution is 0.0987. The van der Waals surface area contributed by atoms with Crippen LogP contribution in [0.15, 0.2) is 41.5 Å². The number of hydrogen-bond donors (Lipinski definition) is 0. The van der Waals surface area contributed by atoms with Crippen molar-refractivity contribution in [3.63, 3.8) is 0 Å². The van der Waals surface area contributed by atoms with Gasteiger partial charge in [0.15, 0.2) is 5.69 Å². The lowest BCUT2D eigenvalue weighted by atomic mass is 9.93. The number of aromatic nitrogens is 5. The van der Waals surface area contributed by atoms with E-state index in [0.717, 1.165) is 0 Å². The topological polar surface area (TPSA) is 128 Å². The Kier molecular flexibility index (Phi) is 6.77. The first-order valence-electron chi connectivity index (χ1n) is 12.1.